The van der Waals surface area contributed by atoms with Crippen molar-refractivity contribution in [1.29, 1.82) is 0 Å². The molecule has 1 aliphatic carbocycles. The Kier molecular flexibility index (Phi) is 7.45. The van der Waals surface area contributed by atoms with Crippen LogP contribution in [-0.4, -0.2) is 68.9 Å². The third kappa shape index (κ3) is 5.73. The fourth-order valence-corrected chi connectivity index (χ4v) is 5.62. The number of benzene rings is 1. The quantitative estimate of drug-likeness (QED) is 0.436. The summed E-state index contributed by atoms with van der Waals surface area (Å²) in [5.74, 6) is -2.78. The van der Waals surface area contributed by atoms with Crippen molar-refractivity contribution in [3.05, 3.63) is 59.0 Å². The monoisotopic (exact) mass is 597 g/mol. The van der Waals surface area contributed by atoms with Gasteiger partial charge in [-0.25, -0.2) is 9.78 Å². The van der Waals surface area contributed by atoms with E-state index in [-0.39, 0.29) is 40.9 Å². The van der Waals surface area contributed by atoms with E-state index in [1.807, 2.05) is 11.0 Å². The number of aromatic nitrogens is 3. The largest absolute Gasteiger partial charge is 0.493 e. The molecule has 2 aliphatic heterocycles. The van der Waals surface area contributed by atoms with Gasteiger partial charge in [-0.1, -0.05) is 6.07 Å². The highest BCUT2D eigenvalue weighted by atomic mass is 19.4. The van der Waals surface area contributed by atoms with Crippen molar-refractivity contribution in [3.63, 3.8) is 0 Å². The zero-order chi connectivity index (χ0) is 30.5. The Hall–Kier alpha value is -4.26. The van der Waals surface area contributed by atoms with Crippen molar-refractivity contribution >= 4 is 17.8 Å². The number of pyridine rings is 1. The van der Waals surface area contributed by atoms with E-state index in [2.05, 4.69) is 22.2 Å². The lowest BCUT2D eigenvalue weighted by Crippen LogP contribution is -2.39. The maximum Gasteiger partial charge on any atom is 0.493 e. The number of nitrogens with one attached hydrogen (secondary N) is 1. The van der Waals surface area contributed by atoms with E-state index in [0.29, 0.717) is 54.4 Å². The van der Waals surface area contributed by atoms with Crippen LogP contribution >= 0.6 is 0 Å². The van der Waals surface area contributed by atoms with Crippen molar-refractivity contribution < 1.29 is 37.1 Å². The Bertz CT molecular complexity index is 1590. The average molecular weight is 598 g/mol. The minimum absolute atomic E-state index is 0.00640. The van der Waals surface area contributed by atoms with Crippen LogP contribution in [0.3, 0.4) is 0 Å². The van der Waals surface area contributed by atoms with E-state index >= 15 is 0 Å². The summed E-state index contributed by atoms with van der Waals surface area (Å²) < 4.78 is 45.4. The first-order chi connectivity index (χ1) is 20.5. The SMILES string of the molecule is Cc1c(C(=O)NC2CCOCC2)nc(-c2cc(-c3ccc4c(c3)CN([C@@H](C)C3CC3)C4=O)ccn2)n1OC(=O)C(F)(F)F. The summed E-state index contributed by atoms with van der Waals surface area (Å²) in [6.45, 7) is 4.86. The summed E-state index contributed by atoms with van der Waals surface area (Å²) in [4.78, 5) is 53.1. The number of imidazole rings is 1. The smallest absolute Gasteiger partial charge is 0.381 e. The second-order valence-electron chi connectivity index (χ2n) is 11.2. The number of fused-ring (bicyclic) bond motifs is 1. The van der Waals surface area contributed by atoms with Gasteiger partial charge in [-0.3, -0.25) is 14.6 Å². The average Bonchev–Trinajstić information content (AvgIpc) is 3.72. The summed E-state index contributed by atoms with van der Waals surface area (Å²) in [6.07, 6.45) is -0.423. The van der Waals surface area contributed by atoms with Crippen LogP contribution in [0, 0.1) is 12.8 Å². The molecule has 43 heavy (non-hydrogen) atoms. The van der Waals surface area contributed by atoms with E-state index in [9.17, 15) is 27.6 Å². The van der Waals surface area contributed by atoms with Gasteiger partial charge in [0, 0.05) is 43.6 Å². The van der Waals surface area contributed by atoms with Crippen LogP contribution in [-0.2, 0) is 16.1 Å². The minimum atomic E-state index is -5.28. The molecule has 1 saturated carbocycles. The van der Waals surface area contributed by atoms with Crippen LogP contribution in [0.15, 0.2) is 36.5 Å². The molecule has 4 heterocycles. The van der Waals surface area contributed by atoms with Crippen molar-refractivity contribution in [2.45, 2.75) is 64.3 Å². The second-order valence-corrected chi connectivity index (χ2v) is 11.2. The Balaban J connectivity index is 1.33. The number of ether oxygens (including phenoxy) is 1. The van der Waals surface area contributed by atoms with Crippen LogP contribution in [0.4, 0.5) is 13.2 Å². The van der Waals surface area contributed by atoms with Crippen molar-refractivity contribution in [3.8, 4) is 22.6 Å². The number of carbonyl (C=O) groups is 3. The standard InChI is InChI=1S/C30H30F3N5O5/c1-16(18-3-4-18)37-15-21-13-19(5-6-23(21)28(37)40)20-7-10-34-24(14-20)26-36-25(27(39)35-22-8-11-42-12-9-22)17(2)38(26)43-29(41)30(31,32)33/h5-7,10,13-14,16,18,22H,3-4,8-9,11-12,15H2,1-2H3,(H,35,39)/t16-/m0/s1. The van der Waals surface area contributed by atoms with Crippen LogP contribution < -0.4 is 10.2 Å². The van der Waals surface area contributed by atoms with Crippen LogP contribution in [0.1, 0.15) is 64.7 Å². The van der Waals surface area contributed by atoms with E-state index in [4.69, 9.17) is 9.57 Å². The van der Waals surface area contributed by atoms with Gasteiger partial charge in [-0.05, 0) is 86.4 Å². The lowest BCUT2D eigenvalue weighted by Gasteiger charge is -2.23. The van der Waals surface area contributed by atoms with Gasteiger partial charge in [-0.2, -0.15) is 17.9 Å². The zero-order valence-electron chi connectivity index (χ0n) is 23.6. The Morgan fingerprint density at radius 2 is 1.81 bits per heavy atom. The van der Waals surface area contributed by atoms with E-state index in [1.165, 1.54) is 13.1 Å². The summed E-state index contributed by atoms with van der Waals surface area (Å²) in [6, 6.07) is 8.77. The van der Waals surface area contributed by atoms with Crippen molar-refractivity contribution in [1.82, 2.24) is 24.9 Å². The number of carbonyl (C=O) groups excluding carboxylic acids is 3. The maximum absolute atomic E-state index is 13.2. The third-order valence-electron chi connectivity index (χ3n) is 8.29. The molecule has 2 fully saturated rings. The molecule has 2 amide bonds. The number of nitrogens with zero attached hydrogens (tertiary/aromatic N) is 4. The van der Waals surface area contributed by atoms with Crippen LogP contribution in [0.5, 0.6) is 0 Å². The fraction of sp³-hybridized carbons (Fsp3) is 0.433. The topological polar surface area (TPSA) is 116 Å². The van der Waals surface area contributed by atoms with E-state index < -0.39 is 18.1 Å². The molecule has 0 spiro atoms. The predicted molar refractivity (Wildman–Crippen MR) is 147 cm³/mol. The van der Waals surface area contributed by atoms with Crippen molar-refractivity contribution in [2.75, 3.05) is 13.2 Å². The molecule has 13 heteroatoms. The summed E-state index contributed by atoms with van der Waals surface area (Å²) in [5, 5.41) is 2.83. The number of halogens is 3. The molecule has 1 atom stereocenters. The molecule has 2 aromatic heterocycles. The van der Waals surface area contributed by atoms with Gasteiger partial charge in [0.1, 0.15) is 5.69 Å². The highest BCUT2D eigenvalue weighted by Gasteiger charge is 2.43. The van der Waals surface area contributed by atoms with Gasteiger partial charge in [0.15, 0.2) is 11.5 Å². The molecular weight excluding hydrogens is 567 g/mol. The number of hydrogen-bond acceptors (Lipinski definition) is 7. The van der Waals surface area contributed by atoms with E-state index in [0.717, 1.165) is 24.0 Å². The second kappa shape index (κ2) is 11.1. The molecule has 226 valence electrons. The normalized spacial score (nSPS) is 18.0. The lowest BCUT2D eigenvalue weighted by molar-refractivity contribution is -0.199. The summed E-state index contributed by atoms with van der Waals surface area (Å²) in [7, 11) is 0. The molecule has 1 saturated heterocycles. The lowest BCUT2D eigenvalue weighted by atomic mass is 10.0. The number of amides is 2. The van der Waals surface area contributed by atoms with Gasteiger partial charge in [0.25, 0.3) is 11.8 Å². The van der Waals surface area contributed by atoms with Gasteiger partial charge in [0.05, 0.1) is 5.69 Å². The molecule has 0 radical (unpaired) electrons. The Morgan fingerprint density at radius 3 is 2.51 bits per heavy atom. The maximum atomic E-state index is 13.2. The molecular formula is C30H30F3N5O5. The summed E-state index contributed by atoms with van der Waals surface area (Å²) in [5.41, 5.74) is 2.75. The van der Waals surface area contributed by atoms with Gasteiger partial charge in [0.2, 0.25) is 0 Å². The van der Waals surface area contributed by atoms with Gasteiger partial charge < -0.3 is 19.8 Å². The van der Waals surface area contributed by atoms with Crippen molar-refractivity contribution in [2.24, 2.45) is 5.92 Å². The fourth-order valence-electron chi connectivity index (χ4n) is 5.62. The van der Waals surface area contributed by atoms with Crippen LogP contribution in [0.25, 0.3) is 22.6 Å². The molecule has 0 unspecified atom stereocenters. The van der Waals surface area contributed by atoms with Crippen LogP contribution in [0.2, 0.25) is 0 Å². The highest BCUT2D eigenvalue weighted by Crippen LogP contribution is 2.39. The molecule has 6 rings (SSSR count). The number of rotatable bonds is 7. The van der Waals surface area contributed by atoms with Gasteiger partial charge in [-0.15, -0.1) is 0 Å². The first kappa shape index (κ1) is 28.8. The Morgan fingerprint density at radius 1 is 1.09 bits per heavy atom. The molecule has 10 nitrogen and oxygen atoms in total. The van der Waals surface area contributed by atoms with E-state index in [1.54, 1.807) is 24.3 Å². The first-order valence-electron chi connectivity index (χ1n) is 14.2. The highest BCUT2D eigenvalue weighted by molar-refractivity contribution is 5.99. The molecule has 1 N–H and O–H groups in total. The number of hydrogen-bond donors (Lipinski definition) is 1. The predicted octanol–water partition coefficient (Wildman–Crippen LogP) is 4.10. The summed E-state index contributed by atoms with van der Waals surface area (Å²) >= 11 is 0. The molecule has 1 aromatic carbocycles. The van der Waals surface area contributed by atoms with Gasteiger partial charge >= 0.3 is 12.1 Å². The molecule has 3 aliphatic rings. The Labute approximate surface area is 245 Å². The first-order valence-corrected chi connectivity index (χ1v) is 14.2. The zero-order valence-corrected chi connectivity index (χ0v) is 23.6. The third-order valence-corrected chi connectivity index (χ3v) is 8.29. The number of alkyl halides is 3. The minimum Gasteiger partial charge on any atom is -0.381 e. The molecule has 0 bridgehead atoms. The molecule has 3 aromatic rings.